The third kappa shape index (κ3) is 2.99. The molecule has 0 radical (unpaired) electrons. The number of anilines is 1. The van der Waals surface area contributed by atoms with Gasteiger partial charge in [-0.15, -0.1) is 0 Å². The molecule has 0 aromatic heterocycles. The molecule has 0 aliphatic heterocycles. The van der Waals surface area contributed by atoms with Crippen molar-refractivity contribution in [2.24, 2.45) is 0 Å². The fourth-order valence-electron chi connectivity index (χ4n) is 1.76. The predicted octanol–water partition coefficient (Wildman–Crippen LogP) is 3.05. The van der Waals surface area contributed by atoms with Gasteiger partial charge in [0.05, 0.1) is 0 Å². The highest BCUT2D eigenvalue weighted by Gasteiger charge is 2.31. The third-order valence-corrected chi connectivity index (χ3v) is 2.66. The minimum Gasteiger partial charge on any atom is -0.480 e. The van der Waals surface area contributed by atoms with E-state index in [1.165, 1.54) is 0 Å². The second-order valence-electron chi connectivity index (χ2n) is 4.38. The van der Waals surface area contributed by atoms with Crippen LogP contribution in [0.3, 0.4) is 0 Å². The van der Waals surface area contributed by atoms with E-state index in [-0.39, 0.29) is 0 Å². The summed E-state index contributed by atoms with van der Waals surface area (Å²) in [6.45, 7) is 5.70. The summed E-state index contributed by atoms with van der Waals surface area (Å²) in [7, 11) is 0. The van der Waals surface area contributed by atoms with E-state index in [9.17, 15) is 9.90 Å². The minimum atomic E-state index is -0.886. The van der Waals surface area contributed by atoms with Crippen LogP contribution in [0.4, 0.5) is 5.69 Å². The molecule has 0 saturated heterocycles. The number of hydrogen-bond acceptors (Lipinski definition) is 2. The predicted molar refractivity (Wildman–Crippen MR) is 65.8 cm³/mol. The van der Waals surface area contributed by atoms with Gasteiger partial charge in [-0.05, 0) is 38.0 Å². The molecule has 0 heterocycles. The monoisotopic (exact) mass is 221 g/mol. The van der Waals surface area contributed by atoms with Crippen LogP contribution in [0.5, 0.6) is 0 Å². The largest absolute Gasteiger partial charge is 0.480 e. The highest BCUT2D eigenvalue weighted by molar-refractivity contribution is 5.82. The Balaban J connectivity index is 2.87. The molecule has 3 heteroatoms. The average Bonchev–Trinajstić information content (AvgIpc) is 2.17. The Bertz CT molecular complexity index is 376. The van der Waals surface area contributed by atoms with Crippen LogP contribution in [0.25, 0.3) is 0 Å². The molecule has 0 spiro atoms. The zero-order valence-electron chi connectivity index (χ0n) is 10.1. The van der Waals surface area contributed by atoms with Crippen LogP contribution >= 0.6 is 0 Å². The van der Waals surface area contributed by atoms with Crippen molar-refractivity contribution in [1.29, 1.82) is 0 Å². The molecule has 2 N–H and O–H groups in total. The van der Waals surface area contributed by atoms with Crippen molar-refractivity contribution < 1.29 is 9.90 Å². The molecule has 0 aliphatic rings. The minimum absolute atomic E-state index is 0.607. The topological polar surface area (TPSA) is 49.3 Å². The maximum absolute atomic E-state index is 11.2. The number of nitrogens with one attached hydrogen (secondary N) is 1. The van der Waals surface area contributed by atoms with Gasteiger partial charge in [0.1, 0.15) is 5.54 Å². The van der Waals surface area contributed by atoms with Gasteiger partial charge in [-0.1, -0.05) is 25.5 Å². The Morgan fingerprint density at radius 2 is 2.19 bits per heavy atom. The summed E-state index contributed by atoms with van der Waals surface area (Å²) < 4.78 is 0. The molecular formula is C13H19NO2. The van der Waals surface area contributed by atoms with Crippen molar-refractivity contribution in [1.82, 2.24) is 0 Å². The summed E-state index contributed by atoms with van der Waals surface area (Å²) >= 11 is 0. The molecule has 0 amide bonds. The van der Waals surface area contributed by atoms with Crippen molar-refractivity contribution in [2.75, 3.05) is 5.32 Å². The SMILES string of the molecule is CCCC(C)(Nc1cccc(C)c1)C(=O)O. The lowest BCUT2D eigenvalue weighted by Crippen LogP contribution is -2.43. The van der Waals surface area contributed by atoms with Crippen LogP contribution in [-0.4, -0.2) is 16.6 Å². The molecule has 0 bridgehead atoms. The molecule has 0 fully saturated rings. The number of benzene rings is 1. The van der Waals surface area contributed by atoms with Gasteiger partial charge < -0.3 is 10.4 Å². The molecule has 1 atom stereocenters. The summed E-state index contributed by atoms with van der Waals surface area (Å²) in [5, 5.41) is 12.3. The Morgan fingerprint density at radius 1 is 1.50 bits per heavy atom. The Morgan fingerprint density at radius 3 is 2.69 bits per heavy atom. The zero-order valence-corrected chi connectivity index (χ0v) is 10.1. The molecule has 1 aromatic carbocycles. The standard InChI is InChI=1S/C13H19NO2/c1-4-8-13(3,12(15)16)14-11-7-5-6-10(2)9-11/h5-7,9,14H,4,8H2,1-3H3,(H,15,16). The van der Waals surface area contributed by atoms with Crippen LogP contribution < -0.4 is 5.32 Å². The Hall–Kier alpha value is -1.51. The number of carboxylic acid groups (broad SMARTS) is 1. The molecule has 3 nitrogen and oxygen atoms in total. The van der Waals surface area contributed by atoms with Gasteiger partial charge >= 0.3 is 5.97 Å². The first-order valence-electron chi connectivity index (χ1n) is 5.56. The van der Waals surface area contributed by atoms with Crippen molar-refractivity contribution >= 4 is 11.7 Å². The maximum Gasteiger partial charge on any atom is 0.329 e. The highest BCUT2D eigenvalue weighted by atomic mass is 16.4. The molecule has 1 aromatic rings. The molecule has 88 valence electrons. The molecule has 16 heavy (non-hydrogen) atoms. The normalized spacial score (nSPS) is 14.2. The Labute approximate surface area is 96.5 Å². The third-order valence-electron chi connectivity index (χ3n) is 2.66. The lowest BCUT2D eigenvalue weighted by atomic mass is 9.96. The molecule has 0 saturated carbocycles. The summed E-state index contributed by atoms with van der Waals surface area (Å²) in [5.74, 6) is -0.809. The van der Waals surface area contributed by atoms with Gasteiger partial charge in [0.15, 0.2) is 0 Å². The lowest BCUT2D eigenvalue weighted by Gasteiger charge is -2.27. The van der Waals surface area contributed by atoms with Crippen LogP contribution in [0.2, 0.25) is 0 Å². The lowest BCUT2D eigenvalue weighted by molar-refractivity contribution is -0.141. The van der Waals surface area contributed by atoms with Crippen LogP contribution in [0, 0.1) is 6.92 Å². The highest BCUT2D eigenvalue weighted by Crippen LogP contribution is 2.21. The van der Waals surface area contributed by atoms with Crippen molar-refractivity contribution in [3.63, 3.8) is 0 Å². The molecule has 1 rings (SSSR count). The van der Waals surface area contributed by atoms with E-state index in [4.69, 9.17) is 0 Å². The Kier molecular flexibility index (Phi) is 3.93. The van der Waals surface area contributed by atoms with Gasteiger partial charge in [0, 0.05) is 5.69 Å². The van der Waals surface area contributed by atoms with E-state index < -0.39 is 11.5 Å². The van der Waals surface area contributed by atoms with E-state index in [0.29, 0.717) is 6.42 Å². The van der Waals surface area contributed by atoms with Gasteiger partial charge in [0.25, 0.3) is 0 Å². The van der Waals surface area contributed by atoms with E-state index in [0.717, 1.165) is 17.7 Å². The van der Waals surface area contributed by atoms with Gasteiger partial charge in [-0.2, -0.15) is 0 Å². The molecule has 1 unspecified atom stereocenters. The first-order chi connectivity index (χ1) is 7.48. The summed E-state index contributed by atoms with van der Waals surface area (Å²) in [4.78, 5) is 11.2. The average molecular weight is 221 g/mol. The van der Waals surface area contributed by atoms with Crippen molar-refractivity contribution in [2.45, 2.75) is 39.2 Å². The molecular weight excluding hydrogens is 202 g/mol. The number of aliphatic carboxylic acids is 1. The summed E-state index contributed by atoms with van der Waals surface area (Å²) in [6, 6.07) is 7.76. The van der Waals surface area contributed by atoms with Crippen LogP contribution in [0.15, 0.2) is 24.3 Å². The van der Waals surface area contributed by atoms with E-state index in [1.807, 2.05) is 38.1 Å². The van der Waals surface area contributed by atoms with Crippen LogP contribution in [0.1, 0.15) is 32.3 Å². The van der Waals surface area contributed by atoms with Gasteiger partial charge in [0.2, 0.25) is 0 Å². The zero-order chi connectivity index (χ0) is 12.2. The number of rotatable bonds is 5. The number of carboxylic acids is 1. The van der Waals surface area contributed by atoms with Crippen LogP contribution in [-0.2, 0) is 4.79 Å². The first kappa shape index (κ1) is 12.6. The fraction of sp³-hybridized carbons (Fsp3) is 0.462. The second-order valence-corrected chi connectivity index (χ2v) is 4.38. The van der Waals surface area contributed by atoms with E-state index >= 15 is 0 Å². The smallest absolute Gasteiger partial charge is 0.329 e. The van der Waals surface area contributed by atoms with E-state index in [2.05, 4.69) is 5.32 Å². The second kappa shape index (κ2) is 5.01. The quantitative estimate of drug-likeness (QED) is 0.803. The van der Waals surface area contributed by atoms with Gasteiger partial charge in [-0.3, -0.25) is 0 Å². The molecule has 0 aliphatic carbocycles. The van der Waals surface area contributed by atoms with Crippen molar-refractivity contribution in [3.8, 4) is 0 Å². The van der Waals surface area contributed by atoms with Gasteiger partial charge in [-0.25, -0.2) is 4.79 Å². The summed E-state index contributed by atoms with van der Waals surface area (Å²) in [5.41, 5.74) is 1.09. The first-order valence-corrected chi connectivity index (χ1v) is 5.56. The number of aryl methyl sites for hydroxylation is 1. The summed E-state index contributed by atoms with van der Waals surface area (Å²) in [6.07, 6.45) is 1.44. The number of carbonyl (C=O) groups is 1. The maximum atomic E-state index is 11.2. The van der Waals surface area contributed by atoms with E-state index in [1.54, 1.807) is 6.92 Å². The fourth-order valence-corrected chi connectivity index (χ4v) is 1.76. The number of hydrogen-bond donors (Lipinski definition) is 2. The van der Waals surface area contributed by atoms with Crippen molar-refractivity contribution in [3.05, 3.63) is 29.8 Å².